The molecule has 4 rings (SSSR count). The molecule has 0 spiro atoms. The summed E-state index contributed by atoms with van der Waals surface area (Å²) in [5.74, 6) is -0.281. The number of hydrogen-bond acceptors (Lipinski definition) is 5. The molecule has 3 aromatic carbocycles. The number of nitro benzene ring substituents is 1. The molecule has 0 saturated carbocycles. The van der Waals surface area contributed by atoms with Crippen molar-refractivity contribution in [2.24, 2.45) is 0 Å². The first kappa shape index (κ1) is 20.5. The summed E-state index contributed by atoms with van der Waals surface area (Å²) in [6.07, 6.45) is 1.54. The average molecular weight is 434 g/mol. The molecule has 7 nitrogen and oxygen atoms in total. The van der Waals surface area contributed by atoms with Gasteiger partial charge < -0.3 is 0 Å². The van der Waals surface area contributed by atoms with E-state index in [1.54, 1.807) is 60.7 Å². The third-order valence-electron chi connectivity index (χ3n) is 5.09. The van der Waals surface area contributed by atoms with E-state index in [0.29, 0.717) is 16.5 Å². The Hall–Kier alpha value is -3.78. The van der Waals surface area contributed by atoms with Gasteiger partial charge in [-0.25, -0.2) is 12.4 Å². The van der Waals surface area contributed by atoms with Gasteiger partial charge in [0.2, 0.25) is 0 Å². The summed E-state index contributed by atoms with van der Waals surface area (Å²) >= 11 is 0. The highest BCUT2D eigenvalue weighted by Gasteiger charge is 2.23. The number of Topliss-reactive ketones (excluding diaryl/α,β-unsaturated/α-hetero) is 1. The van der Waals surface area contributed by atoms with Crippen molar-refractivity contribution >= 4 is 32.4 Å². The third kappa shape index (κ3) is 3.85. The lowest BCUT2D eigenvalue weighted by Crippen LogP contribution is -2.12. The maximum Gasteiger partial charge on any atom is 0.272 e. The Morgan fingerprint density at radius 1 is 0.903 bits per heavy atom. The highest BCUT2D eigenvalue weighted by atomic mass is 32.2. The highest BCUT2D eigenvalue weighted by molar-refractivity contribution is 7.90. The van der Waals surface area contributed by atoms with Crippen LogP contribution in [-0.4, -0.2) is 23.1 Å². The molecule has 0 fully saturated rings. The second-order valence-electron chi connectivity index (χ2n) is 6.98. The van der Waals surface area contributed by atoms with Crippen molar-refractivity contribution in [3.05, 3.63) is 106 Å². The molecule has 1 aromatic heterocycles. The number of benzene rings is 3. The van der Waals surface area contributed by atoms with Crippen molar-refractivity contribution in [2.45, 2.75) is 17.7 Å². The largest absolute Gasteiger partial charge is 0.294 e. The molecule has 156 valence electrons. The third-order valence-corrected chi connectivity index (χ3v) is 6.78. The van der Waals surface area contributed by atoms with Gasteiger partial charge in [-0.2, -0.15) is 0 Å². The standard InChI is InChI=1S/C23H18N2O5S/c26-23(15-14-17-8-4-6-12-21(17)25(27)28)20-16-24(22-13-7-5-11-19(20)22)31(29,30)18-9-2-1-3-10-18/h1-13,16H,14-15H2. The predicted molar refractivity (Wildman–Crippen MR) is 117 cm³/mol. The van der Waals surface area contributed by atoms with Crippen LogP contribution in [0.5, 0.6) is 0 Å². The molecule has 31 heavy (non-hydrogen) atoms. The van der Waals surface area contributed by atoms with E-state index in [4.69, 9.17) is 0 Å². The Labute approximate surface area is 178 Å². The van der Waals surface area contributed by atoms with Gasteiger partial charge in [0.15, 0.2) is 5.78 Å². The van der Waals surface area contributed by atoms with Gasteiger partial charge in [-0.1, -0.05) is 54.6 Å². The fraction of sp³-hybridized carbons (Fsp3) is 0.0870. The van der Waals surface area contributed by atoms with E-state index in [2.05, 4.69) is 0 Å². The first-order valence-corrected chi connectivity index (χ1v) is 11.0. The number of nitro groups is 1. The van der Waals surface area contributed by atoms with Crippen LogP contribution in [0.1, 0.15) is 22.3 Å². The van der Waals surface area contributed by atoms with Gasteiger partial charge in [0.25, 0.3) is 15.7 Å². The molecule has 0 saturated heterocycles. The van der Waals surface area contributed by atoms with Gasteiger partial charge in [-0.3, -0.25) is 14.9 Å². The number of rotatable bonds is 7. The van der Waals surface area contributed by atoms with Crippen LogP contribution in [0, 0.1) is 10.1 Å². The topological polar surface area (TPSA) is 99.3 Å². The number of hydrogen-bond donors (Lipinski definition) is 0. The Balaban J connectivity index is 1.71. The molecule has 0 aliphatic carbocycles. The van der Waals surface area contributed by atoms with Gasteiger partial charge in [0.05, 0.1) is 15.3 Å². The molecule has 0 aliphatic rings. The molecule has 0 N–H and O–H groups in total. The zero-order valence-corrected chi connectivity index (χ0v) is 17.2. The minimum atomic E-state index is -3.89. The Kier molecular flexibility index (Phi) is 5.39. The molecule has 0 unspecified atom stereocenters. The van der Waals surface area contributed by atoms with E-state index in [-0.39, 0.29) is 34.8 Å². The number of aryl methyl sites for hydroxylation is 1. The van der Waals surface area contributed by atoms with Gasteiger partial charge in [-0.15, -0.1) is 0 Å². The normalized spacial score (nSPS) is 11.5. The van der Waals surface area contributed by atoms with E-state index >= 15 is 0 Å². The second kappa shape index (κ2) is 8.16. The first-order valence-electron chi connectivity index (χ1n) is 9.56. The second-order valence-corrected chi connectivity index (χ2v) is 8.80. The van der Waals surface area contributed by atoms with Crippen molar-refractivity contribution in [1.29, 1.82) is 0 Å². The van der Waals surface area contributed by atoms with E-state index in [0.717, 1.165) is 3.97 Å². The van der Waals surface area contributed by atoms with E-state index < -0.39 is 14.9 Å². The lowest BCUT2D eigenvalue weighted by atomic mass is 10.0. The van der Waals surface area contributed by atoms with Crippen LogP contribution in [0.3, 0.4) is 0 Å². The van der Waals surface area contributed by atoms with Gasteiger partial charge in [-0.05, 0) is 24.6 Å². The highest BCUT2D eigenvalue weighted by Crippen LogP contribution is 2.28. The summed E-state index contributed by atoms with van der Waals surface area (Å²) in [6.45, 7) is 0. The number of nitrogens with zero attached hydrogens (tertiary/aromatic N) is 2. The molecule has 0 aliphatic heterocycles. The number of ketones is 1. The molecular formula is C23H18N2O5S. The van der Waals surface area contributed by atoms with Crippen LogP contribution in [0.4, 0.5) is 5.69 Å². The predicted octanol–water partition coefficient (Wildman–Crippen LogP) is 4.60. The van der Waals surface area contributed by atoms with E-state index in [9.17, 15) is 23.3 Å². The fourth-order valence-corrected chi connectivity index (χ4v) is 4.95. The van der Waals surface area contributed by atoms with Crippen molar-refractivity contribution in [3.63, 3.8) is 0 Å². The maximum atomic E-state index is 13.2. The van der Waals surface area contributed by atoms with E-state index in [1.165, 1.54) is 24.4 Å². The summed E-state index contributed by atoms with van der Waals surface area (Å²) in [7, 11) is -3.89. The van der Waals surface area contributed by atoms with Crippen LogP contribution in [0.15, 0.2) is 90.0 Å². The Bertz CT molecular complexity index is 1390. The fourth-order valence-electron chi connectivity index (χ4n) is 3.56. The summed E-state index contributed by atoms with van der Waals surface area (Å²) in [4.78, 5) is 23.9. The molecule has 4 aromatic rings. The van der Waals surface area contributed by atoms with Crippen LogP contribution in [0.2, 0.25) is 0 Å². The molecule has 8 heteroatoms. The maximum absolute atomic E-state index is 13.2. The van der Waals surface area contributed by atoms with Crippen molar-refractivity contribution in [2.75, 3.05) is 0 Å². The Morgan fingerprint density at radius 2 is 1.55 bits per heavy atom. The minimum Gasteiger partial charge on any atom is -0.294 e. The molecule has 0 radical (unpaired) electrons. The summed E-state index contributed by atoms with van der Waals surface area (Å²) in [5.41, 5.74) is 1.10. The molecular weight excluding hydrogens is 416 g/mol. The summed E-state index contributed by atoms with van der Waals surface area (Å²) in [5, 5.41) is 11.7. The van der Waals surface area contributed by atoms with Crippen LogP contribution in [-0.2, 0) is 16.4 Å². The molecule has 0 atom stereocenters. The van der Waals surface area contributed by atoms with Gasteiger partial charge in [0.1, 0.15) is 0 Å². The van der Waals surface area contributed by atoms with Crippen molar-refractivity contribution in [3.8, 4) is 0 Å². The molecule has 1 heterocycles. The lowest BCUT2D eigenvalue weighted by molar-refractivity contribution is -0.385. The van der Waals surface area contributed by atoms with Crippen LogP contribution >= 0.6 is 0 Å². The average Bonchev–Trinajstić information content (AvgIpc) is 3.19. The number of fused-ring (bicyclic) bond motifs is 1. The Morgan fingerprint density at radius 3 is 2.29 bits per heavy atom. The number of para-hydroxylation sites is 2. The van der Waals surface area contributed by atoms with E-state index in [1.807, 2.05) is 0 Å². The van der Waals surface area contributed by atoms with Crippen LogP contribution in [0.25, 0.3) is 10.9 Å². The lowest BCUT2D eigenvalue weighted by Gasteiger charge is -2.07. The smallest absolute Gasteiger partial charge is 0.272 e. The molecule has 0 amide bonds. The number of carbonyl (C=O) groups is 1. The summed E-state index contributed by atoms with van der Waals surface area (Å²) in [6, 6.07) is 21.1. The van der Waals surface area contributed by atoms with Crippen LogP contribution < -0.4 is 0 Å². The van der Waals surface area contributed by atoms with Crippen molar-refractivity contribution in [1.82, 2.24) is 3.97 Å². The summed E-state index contributed by atoms with van der Waals surface area (Å²) < 4.78 is 27.4. The minimum absolute atomic E-state index is 0.0181. The molecule has 0 bridgehead atoms. The zero-order chi connectivity index (χ0) is 22.0. The SMILES string of the molecule is O=C(CCc1ccccc1[N+](=O)[O-])c1cn(S(=O)(=O)c2ccccc2)c2ccccc12. The van der Waals surface area contributed by atoms with Crippen molar-refractivity contribution < 1.29 is 18.1 Å². The zero-order valence-electron chi connectivity index (χ0n) is 16.3. The number of carbonyl (C=O) groups excluding carboxylic acids is 1. The monoisotopic (exact) mass is 434 g/mol. The van der Waals surface area contributed by atoms with Gasteiger partial charge in [0, 0.05) is 35.2 Å². The first-order chi connectivity index (χ1) is 14.9. The number of aromatic nitrogens is 1. The quantitative estimate of drug-likeness (QED) is 0.240. The van der Waals surface area contributed by atoms with Gasteiger partial charge >= 0.3 is 0 Å².